The van der Waals surface area contributed by atoms with E-state index in [0.717, 1.165) is 43.8 Å². The van der Waals surface area contributed by atoms with Gasteiger partial charge in [0.1, 0.15) is 6.10 Å². The van der Waals surface area contributed by atoms with Crippen molar-refractivity contribution in [2.24, 2.45) is 29.6 Å². The minimum Gasteiger partial charge on any atom is -0.462 e. The summed E-state index contributed by atoms with van der Waals surface area (Å²) < 4.78 is 20.4. The van der Waals surface area contributed by atoms with E-state index < -0.39 is 8.32 Å². The molecule has 0 amide bonds. The van der Waals surface area contributed by atoms with Gasteiger partial charge in [-0.3, -0.25) is 4.79 Å². The van der Waals surface area contributed by atoms with Crippen molar-refractivity contribution in [2.75, 3.05) is 6.61 Å². The van der Waals surface area contributed by atoms with Gasteiger partial charge in [-0.15, -0.1) is 0 Å². The number of allylic oxidation sites excluding steroid dienone is 1. The molecule has 0 spiro atoms. The Morgan fingerprint density at radius 3 is 2.47 bits per heavy atom. The first kappa shape index (κ1) is 27.9. The molecule has 34 heavy (non-hydrogen) atoms. The Hall–Kier alpha value is -0.693. The number of esters is 1. The predicted molar refractivity (Wildman–Crippen MR) is 139 cm³/mol. The number of rotatable bonds is 8. The Balaban J connectivity index is 2.12. The molecule has 2 fully saturated rings. The van der Waals surface area contributed by atoms with Crippen LogP contribution in [0.2, 0.25) is 18.1 Å². The summed E-state index contributed by atoms with van der Waals surface area (Å²) in [6.45, 7) is 17.5. The first-order chi connectivity index (χ1) is 16.0. The molecule has 196 valence electrons. The third-order valence-corrected chi connectivity index (χ3v) is 14.4. The van der Waals surface area contributed by atoms with E-state index in [2.05, 4.69) is 54.5 Å². The summed E-state index contributed by atoms with van der Waals surface area (Å²) in [7, 11) is -1.90. The maximum Gasteiger partial charge on any atom is 0.302 e. The van der Waals surface area contributed by atoms with Crippen LogP contribution in [0.25, 0.3) is 0 Å². The Bertz CT molecular complexity index is 726. The zero-order valence-corrected chi connectivity index (χ0v) is 23.9. The van der Waals surface area contributed by atoms with Crippen LogP contribution >= 0.6 is 0 Å². The third-order valence-electron chi connectivity index (χ3n) is 9.59. The van der Waals surface area contributed by atoms with Gasteiger partial charge in [0.05, 0.1) is 17.8 Å². The molecule has 1 saturated carbocycles. The fraction of sp³-hybridized carbons (Fsp3) is 0.893. The molecule has 1 N–H and O–H groups in total. The van der Waals surface area contributed by atoms with Crippen LogP contribution in [-0.2, 0) is 18.7 Å². The predicted octanol–water partition coefficient (Wildman–Crippen LogP) is 6.11. The van der Waals surface area contributed by atoms with Crippen molar-refractivity contribution in [1.29, 1.82) is 0 Å². The standard InChI is InChI=1S/C28H50O5Si/c1-9-34(10-2,11-3)33-28(8)14-12-13-18(4)15-23-25-24(27(28)32-23)22(20(6)17-29)16-19(5)26(25)31-21(7)30/h13,19-20,22-27,29H,9-12,14-17H2,1-8H3/b18-13-/t19-,20+,22+,23+,24+,25+,26-,27+,28+/m0/s1. The maximum absolute atomic E-state index is 12.2. The topological polar surface area (TPSA) is 65.0 Å². The molecule has 1 aliphatic carbocycles. The fourth-order valence-corrected chi connectivity index (χ4v) is 10.6. The molecule has 2 heterocycles. The van der Waals surface area contributed by atoms with E-state index in [4.69, 9.17) is 13.9 Å². The lowest BCUT2D eigenvalue weighted by Crippen LogP contribution is -2.57. The SMILES string of the molecule is CC[Si](CC)(CC)O[C@]1(C)CC/C=C(/C)C[C@H]2O[C@@H]1[C@@H]1[C@@H]([C@H](C)CO)C[C@H](C)[C@H](OC(C)=O)[C@@H]12. The largest absolute Gasteiger partial charge is 0.462 e. The molecule has 0 aromatic heterocycles. The molecule has 0 aromatic rings. The molecule has 5 nitrogen and oxygen atoms in total. The molecule has 9 atom stereocenters. The van der Waals surface area contributed by atoms with Crippen molar-refractivity contribution in [3.63, 3.8) is 0 Å². The van der Waals surface area contributed by atoms with Crippen LogP contribution in [-0.4, -0.2) is 49.9 Å². The van der Waals surface area contributed by atoms with Crippen LogP contribution in [0.3, 0.4) is 0 Å². The summed E-state index contributed by atoms with van der Waals surface area (Å²) in [5, 5.41) is 10.2. The number of aliphatic hydroxyl groups is 1. The lowest BCUT2D eigenvalue weighted by Gasteiger charge is -2.50. The van der Waals surface area contributed by atoms with Gasteiger partial charge >= 0.3 is 5.97 Å². The molecule has 1 saturated heterocycles. The number of carbonyl (C=O) groups excluding carboxylic acids is 1. The minimum atomic E-state index is -1.90. The smallest absolute Gasteiger partial charge is 0.302 e. The van der Waals surface area contributed by atoms with Crippen molar-refractivity contribution >= 4 is 14.3 Å². The molecule has 3 aliphatic rings. The highest BCUT2D eigenvalue weighted by Crippen LogP contribution is 2.56. The van der Waals surface area contributed by atoms with Gasteiger partial charge in [0.2, 0.25) is 0 Å². The highest BCUT2D eigenvalue weighted by molar-refractivity contribution is 6.73. The van der Waals surface area contributed by atoms with E-state index in [-0.39, 0.29) is 60.2 Å². The normalized spacial score (nSPS) is 40.9. The molecular formula is C28H50O5Si. The van der Waals surface area contributed by atoms with Crippen LogP contribution < -0.4 is 0 Å². The number of ether oxygens (including phenoxy) is 2. The first-order valence-electron chi connectivity index (χ1n) is 13.8. The van der Waals surface area contributed by atoms with E-state index in [1.807, 2.05) is 0 Å². The Morgan fingerprint density at radius 1 is 1.26 bits per heavy atom. The maximum atomic E-state index is 12.2. The number of hydrogen-bond acceptors (Lipinski definition) is 5. The van der Waals surface area contributed by atoms with Gasteiger partial charge in [-0.1, -0.05) is 46.3 Å². The molecule has 0 unspecified atom stereocenters. The van der Waals surface area contributed by atoms with Gasteiger partial charge < -0.3 is 19.0 Å². The molecular weight excluding hydrogens is 444 g/mol. The average Bonchev–Trinajstić information content (AvgIpc) is 3.19. The van der Waals surface area contributed by atoms with Gasteiger partial charge in [0, 0.05) is 19.4 Å². The number of hydrogen-bond donors (Lipinski definition) is 1. The van der Waals surface area contributed by atoms with Gasteiger partial charge in [-0.25, -0.2) is 0 Å². The fourth-order valence-electron chi connectivity index (χ4n) is 7.45. The van der Waals surface area contributed by atoms with E-state index >= 15 is 0 Å². The number of fused-ring (bicyclic) bond motifs is 5. The van der Waals surface area contributed by atoms with Crippen LogP contribution in [0.4, 0.5) is 0 Å². The Morgan fingerprint density at radius 2 is 1.91 bits per heavy atom. The Kier molecular flexibility index (Phi) is 9.14. The zero-order chi connectivity index (χ0) is 25.3. The van der Waals surface area contributed by atoms with Crippen molar-refractivity contribution < 1.29 is 23.8 Å². The lowest BCUT2D eigenvalue weighted by atomic mass is 9.59. The van der Waals surface area contributed by atoms with Crippen LogP contribution in [0.1, 0.15) is 81.1 Å². The van der Waals surface area contributed by atoms with E-state index in [0.29, 0.717) is 5.92 Å². The number of aliphatic hydroxyl groups excluding tert-OH is 1. The summed E-state index contributed by atoms with van der Waals surface area (Å²) in [6.07, 6.45) is 5.92. The summed E-state index contributed by atoms with van der Waals surface area (Å²) in [5.74, 6) is 0.859. The molecule has 2 aliphatic heterocycles. The molecule has 0 radical (unpaired) electrons. The van der Waals surface area contributed by atoms with Gasteiger partial charge in [-0.05, 0) is 81.3 Å². The van der Waals surface area contributed by atoms with E-state index in [1.165, 1.54) is 12.5 Å². The second-order valence-corrected chi connectivity index (χ2v) is 16.5. The summed E-state index contributed by atoms with van der Waals surface area (Å²) >= 11 is 0. The van der Waals surface area contributed by atoms with E-state index in [9.17, 15) is 9.90 Å². The second kappa shape index (κ2) is 11.1. The summed E-state index contributed by atoms with van der Waals surface area (Å²) in [4.78, 5) is 12.2. The molecule has 6 heteroatoms. The summed E-state index contributed by atoms with van der Waals surface area (Å²) in [5.41, 5.74) is 0.965. The molecule has 3 rings (SSSR count). The van der Waals surface area contributed by atoms with Gasteiger partial charge in [-0.2, -0.15) is 0 Å². The summed E-state index contributed by atoms with van der Waals surface area (Å²) in [6, 6.07) is 3.33. The van der Waals surface area contributed by atoms with Crippen molar-refractivity contribution in [1.82, 2.24) is 0 Å². The highest BCUT2D eigenvalue weighted by Gasteiger charge is 2.62. The lowest BCUT2D eigenvalue weighted by molar-refractivity contribution is -0.161. The first-order valence-corrected chi connectivity index (χ1v) is 16.4. The molecule has 0 aromatic carbocycles. The molecule has 2 bridgehead atoms. The third kappa shape index (κ3) is 5.35. The second-order valence-electron chi connectivity index (χ2n) is 11.8. The number of carbonyl (C=O) groups is 1. The van der Waals surface area contributed by atoms with Crippen molar-refractivity contribution in [2.45, 2.75) is 123 Å². The van der Waals surface area contributed by atoms with Crippen LogP contribution in [0.15, 0.2) is 11.6 Å². The van der Waals surface area contributed by atoms with Crippen LogP contribution in [0.5, 0.6) is 0 Å². The quantitative estimate of drug-likeness (QED) is 0.250. The average molecular weight is 495 g/mol. The van der Waals surface area contributed by atoms with Gasteiger partial charge in [0.15, 0.2) is 8.32 Å². The van der Waals surface area contributed by atoms with Gasteiger partial charge in [0.25, 0.3) is 0 Å². The van der Waals surface area contributed by atoms with Crippen LogP contribution in [0, 0.1) is 29.6 Å². The van der Waals surface area contributed by atoms with E-state index in [1.54, 1.807) is 0 Å². The monoisotopic (exact) mass is 494 g/mol. The Labute approximate surface area is 209 Å². The zero-order valence-electron chi connectivity index (χ0n) is 22.9. The highest BCUT2D eigenvalue weighted by atomic mass is 28.4. The van der Waals surface area contributed by atoms with Crippen molar-refractivity contribution in [3.05, 3.63) is 11.6 Å². The van der Waals surface area contributed by atoms with Crippen molar-refractivity contribution in [3.8, 4) is 0 Å². The minimum absolute atomic E-state index is 0.00807.